The van der Waals surface area contributed by atoms with Crippen LogP contribution in [0.4, 0.5) is 0 Å². The first-order chi connectivity index (χ1) is 5.74. The Bertz CT molecular complexity index is 30.3. The Labute approximate surface area is 99.6 Å². The van der Waals surface area contributed by atoms with E-state index in [0.717, 1.165) is 19.3 Å². The smallest absolute Gasteiger partial charge is 0.0428 e. The second kappa shape index (κ2) is 38.7. The largest absolute Gasteiger partial charge is 0.396 e. The summed E-state index contributed by atoms with van der Waals surface area (Å²) in [7, 11) is 0. The van der Waals surface area contributed by atoms with Crippen molar-refractivity contribution in [3.63, 3.8) is 0 Å². The predicted octanol–water partition coefficient (Wildman–Crippen LogP) is 0.785. The minimum absolute atomic E-state index is 0. The van der Waals surface area contributed by atoms with E-state index in [1.165, 1.54) is 0 Å². The van der Waals surface area contributed by atoms with E-state index in [4.69, 9.17) is 15.3 Å². The summed E-state index contributed by atoms with van der Waals surface area (Å²) in [5.74, 6) is 0. The fourth-order valence-corrected chi connectivity index (χ4v) is 0. The standard InChI is InChI=1S/3C3H8O.Sb/c3*1-2-3-4;/h3*4H,2-3H2,1H3;. The van der Waals surface area contributed by atoms with Gasteiger partial charge in [0.2, 0.25) is 0 Å². The Hall–Kier alpha value is 0.698. The van der Waals surface area contributed by atoms with Gasteiger partial charge in [0.05, 0.1) is 0 Å². The van der Waals surface area contributed by atoms with Crippen LogP contribution < -0.4 is 0 Å². The zero-order valence-corrected chi connectivity index (χ0v) is 11.6. The van der Waals surface area contributed by atoms with Gasteiger partial charge >= 0.3 is 0 Å². The van der Waals surface area contributed by atoms with Crippen molar-refractivity contribution in [1.29, 1.82) is 0 Å². The molecule has 0 aliphatic rings. The number of hydrogen-bond acceptors (Lipinski definition) is 3. The van der Waals surface area contributed by atoms with E-state index in [-0.39, 0.29) is 24.4 Å². The van der Waals surface area contributed by atoms with Crippen molar-refractivity contribution < 1.29 is 15.3 Å². The third-order valence-corrected chi connectivity index (χ3v) is 0.671. The molecule has 0 aromatic heterocycles. The molecular weight excluding hydrogens is 278 g/mol. The fourth-order valence-electron chi connectivity index (χ4n) is 0. The third kappa shape index (κ3) is 106. The van der Waals surface area contributed by atoms with Crippen LogP contribution in [0.15, 0.2) is 0 Å². The van der Waals surface area contributed by atoms with Gasteiger partial charge in [0.25, 0.3) is 0 Å². The summed E-state index contributed by atoms with van der Waals surface area (Å²) in [5, 5.41) is 23.6. The molecule has 0 aliphatic heterocycles. The molecular formula is C9H24O3Sb. The van der Waals surface area contributed by atoms with Crippen molar-refractivity contribution in [2.75, 3.05) is 19.8 Å². The summed E-state index contributed by atoms with van der Waals surface area (Å²) in [5.41, 5.74) is 0. The van der Waals surface area contributed by atoms with Gasteiger partial charge in [0.15, 0.2) is 0 Å². The molecule has 3 N–H and O–H groups in total. The summed E-state index contributed by atoms with van der Waals surface area (Å²) in [4.78, 5) is 0. The fraction of sp³-hybridized carbons (Fsp3) is 1.00. The van der Waals surface area contributed by atoms with Crippen molar-refractivity contribution in [3.05, 3.63) is 0 Å². The van der Waals surface area contributed by atoms with Gasteiger partial charge in [0, 0.05) is 44.2 Å². The zero-order valence-electron chi connectivity index (χ0n) is 9.03. The van der Waals surface area contributed by atoms with E-state index in [9.17, 15) is 0 Å². The molecule has 0 rings (SSSR count). The third-order valence-electron chi connectivity index (χ3n) is 0.671. The summed E-state index contributed by atoms with van der Waals surface area (Å²) in [6, 6.07) is 0. The van der Waals surface area contributed by atoms with Crippen molar-refractivity contribution in [3.8, 4) is 0 Å². The van der Waals surface area contributed by atoms with E-state index in [1.54, 1.807) is 0 Å². The van der Waals surface area contributed by atoms with Crippen molar-refractivity contribution >= 4 is 24.4 Å². The van der Waals surface area contributed by atoms with Crippen molar-refractivity contribution in [1.82, 2.24) is 0 Å². The van der Waals surface area contributed by atoms with Crippen LogP contribution in [0.1, 0.15) is 40.0 Å². The molecule has 0 heterocycles. The van der Waals surface area contributed by atoms with Crippen molar-refractivity contribution in [2.45, 2.75) is 40.0 Å². The van der Waals surface area contributed by atoms with Crippen LogP contribution in [-0.4, -0.2) is 59.6 Å². The van der Waals surface area contributed by atoms with Crippen LogP contribution in [0.3, 0.4) is 0 Å². The molecule has 13 heavy (non-hydrogen) atoms. The van der Waals surface area contributed by atoms with Crippen LogP contribution in [0.5, 0.6) is 0 Å². The first-order valence-electron chi connectivity index (χ1n) is 4.57. The van der Waals surface area contributed by atoms with Gasteiger partial charge < -0.3 is 15.3 Å². The molecule has 0 amide bonds. The van der Waals surface area contributed by atoms with Crippen LogP contribution in [0, 0.1) is 0 Å². The second-order valence-corrected chi connectivity index (χ2v) is 2.17. The predicted molar refractivity (Wildman–Crippen MR) is 57.9 cm³/mol. The molecule has 83 valence electrons. The van der Waals surface area contributed by atoms with Crippen LogP contribution in [-0.2, 0) is 0 Å². The molecule has 3 nitrogen and oxygen atoms in total. The molecule has 0 aliphatic carbocycles. The molecule has 0 unspecified atom stereocenters. The number of aliphatic hydroxyl groups excluding tert-OH is 3. The molecule has 0 aromatic rings. The van der Waals surface area contributed by atoms with Gasteiger partial charge in [-0.2, -0.15) is 0 Å². The minimum atomic E-state index is 0. The molecule has 0 saturated carbocycles. The first-order valence-corrected chi connectivity index (χ1v) is 4.57. The average molecular weight is 302 g/mol. The van der Waals surface area contributed by atoms with Gasteiger partial charge in [-0.1, -0.05) is 20.8 Å². The monoisotopic (exact) mass is 301 g/mol. The topological polar surface area (TPSA) is 60.7 Å². The molecule has 0 bridgehead atoms. The van der Waals surface area contributed by atoms with Crippen LogP contribution in [0.2, 0.25) is 0 Å². The maximum Gasteiger partial charge on any atom is 0.0428 e. The molecule has 0 spiro atoms. The summed E-state index contributed by atoms with van der Waals surface area (Å²) in [6.45, 7) is 6.75. The van der Waals surface area contributed by atoms with Crippen LogP contribution >= 0.6 is 0 Å². The SMILES string of the molecule is CCCO.CCCO.CCCO.[Sb]. The van der Waals surface area contributed by atoms with Gasteiger partial charge in [-0.3, -0.25) is 0 Å². The molecule has 0 aromatic carbocycles. The number of hydrogen-bond donors (Lipinski definition) is 3. The Morgan fingerprint density at radius 2 is 0.692 bits per heavy atom. The molecule has 0 atom stereocenters. The van der Waals surface area contributed by atoms with E-state index >= 15 is 0 Å². The van der Waals surface area contributed by atoms with E-state index in [2.05, 4.69) is 0 Å². The van der Waals surface area contributed by atoms with E-state index in [1.807, 2.05) is 20.8 Å². The summed E-state index contributed by atoms with van der Waals surface area (Å²) < 4.78 is 0. The van der Waals surface area contributed by atoms with Gasteiger partial charge in [-0.15, -0.1) is 0 Å². The first kappa shape index (κ1) is 23.5. The zero-order chi connectivity index (χ0) is 10.2. The molecule has 4 heteroatoms. The number of rotatable bonds is 3. The van der Waals surface area contributed by atoms with Gasteiger partial charge in [0.1, 0.15) is 0 Å². The van der Waals surface area contributed by atoms with Gasteiger partial charge in [-0.25, -0.2) is 0 Å². The normalized spacial score (nSPS) is 6.92. The summed E-state index contributed by atoms with van der Waals surface area (Å²) >= 11 is 0. The molecule has 3 radical (unpaired) electrons. The Morgan fingerprint density at radius 1 is 0.615 bits per heavy atom. The minimum Gasteiger partial charge on any atom is -0.396 e. The maximum atomic E-state index is 7.88. The van der Waals surface area contributed by atoms with Crippen LogP contribution in [0.25, 0.3) is 0 Å². The van der Waals surface area contributed by atoms with E-state index < -0.39 is 0 Å². The molecule has 0 fully saturated rings. The van der Waals surface area contributed by atoms with Gasteiger partial charge in [-0.05, 0) is 19.3 Å². The quantitative estimate of drug-likeness (QED) is 0.675. The van der Waals surface area contributed by atoms with E-state index in [0.29, 0.717) is 19.8 Å². The average Bonchev–Trinajstić information content (AvgIpc) is 2.18. The van der Waals surface area contributed by atoms with Crippen molar-refractivity contribution in [2.24, 2.45) is 0 Å². The Kier molecular flexibility index (Phi) is 70.0. The number of aliphatic hydroxyl groups is 3. The molecule has 0 saturated heterocycles. The Morgan fingerprint density at radius 3 is 0.692 bits per heavy atom. The second-order valence-electron chi connectivity index (χ2n) is 2.17. The summed E-state index contributed by atoms with van der Waals surface area (Å²) in [6.07, 6.45) is 2.62. The Balaban J connectivity index is -0.0000000450. The maximum absolute atomic E-state index is 7.88.